The van der Waals surface area contributed by atoms with Gasteiger partial charge in [-0.25, -0.2) is 8.78 Å². The second kappa shape index (κ2) is 20.4. The third-order valence-corrected chi connectivity index (χ3v) is 8.66. The molecule has 1 aromatic heterocycles. The van der Waals surface area contributed by atoms with Crippen LogP contribution >= 0.6 is 0 Å². The molecule has 0 atom stereocenters. The molecule has 1 aliphatic heterocycles. The molecular weight excluding hydrogens is 722 g/mol. The van der Waals surface area contributed by atoms with Gasteiger partial charge in [0.25, 0.3) is 11.8 Å². The number of aromatic amines is 1. The molecule has 0 aliphatic carbocycles. The van der Waals surface area contributed by atoms with Crippen molar-refractivity contribution in [2.24, 2.45) is 0 Å². The van der Waals surface area contributed by atoms with Crippen molar-refractivity contribution in [1.82, 2.24) is 20.1 Å². The number of nitrogens with zero attached hydrogens (tertiary/aromatic N) is 2. The number of hydrogen-bond acceptors (Lipinski definition) is 8. The predicted octanol–water partition coefficient (Wildman–Crippen LogP) is 7.61. The first-order valence-corrected chi connectivity index (χ1v) is 18.5. The highest BCUT2D eigenvalue weighted by Crippen LogP contribution is 2.38. The molecule has 56 heavy (non-hydrogen) atoms. The van der Waals surface area contributed by atoms with Gasteiger partial charge in [0.2, 0.25) is 11.8 Å². The third kappa shape index (κ3) is 10.9. The number of imide groups is 1. The molecule has 4 aromatic rings. The van der Waals surface area contributed by atoms with Gasteiger partial charge in [0, 0.05) is 93.6 Å². The number of carbonyl (C=O) groups is 5. The number of aromatic nitrogens is 1. The van der Waals surface area contributed by atoms with Crippen LogP contribution in [0.5, 0.6) is 11.5 Å². The van der Waals surface area contributed by atoms with E-state index in [0.717, 1.165) is 17.4 Å². The minimum absolute atomic E-state index is 0.117. The lowest BCUT2D eigenvalue weighted by atomic mass is 9.97. The number of aldehydes is 1. The number of amides is 4. The Labute approximate surface area is 325 Å². The summed E-state index contributed by atoms with van der Waals surface area (Å²) in [5.41, 5.74) is 3.63. The molecule has 296 valence electrons. The fraction of sp³-hybridized carbons (Fsp3) is 0.310. The van der Waals surface area contributed by atoms with Crippen molar-refractivity contribution >= 4 is 46.9 Å². The van der Waals surface area contributed by atoms with Gasteiger partial charge in [0.15, 0.2) is 17.9 Å². The predicted molar refractivity (Wildman–Crippen MR) is 212 cm³/mol. The van der Waals surface area contributed by atoms with Crippen molar-refractivity contribution in [2.45, 2.75) is 52.4 Å². The quantitative estimate of drug-likeness (QED) is 0.0459. The van der Waals surface area contributed by atoms with Crippen LogP contribution in [0.25, 0.3) is 5.57 Å². The van der Waals surface area contributed by atoms with E-state index in [0.29, 0.717) is 89.6 Å². The number of benzene rings is 3. The summed E-state index contributed by atoms with van der Waals surface area (Å²) in [6.45, 7) is 5.04. The number of ether oxygens (including phenoxy) is 1. The van der Waals surface area contributed by atoms with E-state index in [9.17, 15) is 32.8 Å². The average molecular weight is 771 g/mol. The maximum atomic E-state index is 14.6. The lowest BCUT2D eigenvalue weighted by Crippen LogP contribution is -2.25. The van der Waals surface area contributed by atoms with Crippen molar-refractivity contribution < 1.29 is 37.5 Å². The highest BCUT2D eigenvalue weighted by atomic mass is 19.1. The van der Waals surface area contributed by atoms with Crippen LogP contribution < -0.4 is 20.7 Å². The topological polar surface area (TPSA) is 153 Å². The fourth-order valence-electron chi connectivity index (χ4n) is 5.97. The van der Waals surface area contributed by atoms with Crippen LogP contribution in [-0.4, -0.2) is 78.9 Å². The van der Waals surface area contributed by atoms with E-state index in [1.54, 1.807) is 73.9 Å². The summed E-state index contributed by atoms with van der Waals surface area (Å²) in [5.74, 6) is -2.69. The zero-order valence-corrected chi connectivity index (χ0v) is 32.3. The number of rotatable bonds is 18. The van der Waals surface area contributed by atoms with Gasteiger partial charge in [-0.15, -0.1) is 0 Å². The molecule has 0 saturated heterocycles. The first-order chi connectivity index (χ1) is 27.0. The summed E-state index contributed by atoms with van der Waals surface area (Å²) >= 11 is 0. The molecule has 0 bridgehead atoms. The highest BCUT2D eigenvalue weighted by Gasteiger charge is 2.34. The number of carbonyl (C=O) groups excluding carboxylic acids is 5. The molecule has 4 N–H and O–H groups in total. The molecule has 0 fully saturated rings. The van der Waals surface area contributed by atoms with Crippen LogP contribution in [-0.2, 0) is 9.59 Å². The molecule has 0 saturated carbocycles. The highest BCUT2D eigenvalue weighted by molar-refractivity contribution is 6.23. The van der Waals surface area contributed by atoms with Crippen molar-refractivity contribution in [2.75, 3.05) is 44.9 Å². The van der Waals surface area contributed by atoms with Crippen molar-refractivity contribution in [3.8, 4) is 11.5 Å². The first kappa shape index (κ1) is 42.4. The van der Waals surface area contributed by atoms with Crippen LogP contribution in [0.15, 0.2) is 73.1 Å². The molecule has 2 heterocycles. The number of H-pyrrole nitrogens is 1. The summed E-state index contributed by atoms with van der Waals surface area (Å²) in [6, 6.07) is 14.6. The van der Waals surface area contributed by atoms with Gasteiger partial charge in [0.1, 0.15) is 11.6 Å². The minimum Gasteiger partial charge on any atom is -0.454 e. The average Bonchev–Trinajstić information content (AvgIpc) is 3.75. The van der Waals surface area contributed by atoms with Crippen molar-refractivity contribution in [3.05, 3.63) is 113 Å². The smallest absolute Gasteiger partial charge is 0.263 e. The number of unbranched alkanes of at least 4 members (excludes halogenated alkanes) is 2. The summed E-state index contributed by atoms with van der Waals surface area (Å²) in [5, 5.41) is 8.97. The molecule has 3 aromatic carbocycles. The second-order valence-electron chi connectivity index (χ2n) is 13.0. The number of anilines is 2. The van der Waals surface area contributed by atoms with Crippen LogP contribution in [0.1, 0.15) is 94.7 Å². The van der Waals surface area contributed by atoms with Gasteiger partial charge < -0.3 is 30.6 Å². The number of nitrogens with one attached hydrogen (secondary N) is 4. The summed E-state index contributed by atoms with van der Waals surface area (Å²) < 4.78 is 34.1. The van der Waals surface area contributed by atoms with Crippen LogP contribution in [0.4, 0.5) is 20.2 Å². The van der Waals surface area contributed by atoms with E-state index in [1.807, 2.05) is 13.8 Å². The first-order valence-electron chi connectivity index (χ1n) is 18.5. The summed E-state index contributed by atoms with van der Waals surface area (Å²) in [6.07, 6.45) is 6.87. The normalized spacial score (nSPS) is 12.1. The van der Waals surface area contributed by atoms with E-state index in [2.05, 4.69) is 20.9 Å². The van der Waals surface area contributed by atoms with Crippen molar-refractivity contribution in [1.29, 1.82) is 0 Å². The lowest BCUT2D eigenvalue weighted by Gasteiger charge is -2.18. The fourth-order valence-corrected chi connectivity index (χ4v) is 5.97. The Balaban J connectivity index is 0.00000342. The molecule has 0 radical (unpaired) electrons. The lowest BCUT2D eigenvalue weighted by molar-refractivity contribution is -0.121. The summed E-state index contributed by atoms with van der Waals surface area (Å²) in [7, 11) is 5.05. The van der Waals surface area contributed by atoms with E-state index < -0.39 is 11.6 Å². The Kier molecular flexibility index (Phi) is 15.5. The maximum Gasteiger partial charge on any atom is 0.263 e. The third-order valence-electron chi connectivity index (χ3n) is 8.66. The minimum atomic E-state index is -0.896. The van der Waals surface area contributed by atoms with E-state index >= 15 is 0 Å². The van der Waals surface area contributed by atoms with Gasteiger partial charge in [-0.2, -0.15) is 0 Å². The molecule has 14 heteroatoms. The molecule has 1 aliphatic rings. The Bertz CT molecular complexity index is 2080. The Morgan fingerprint density at radius 2 is 1.57 bits per heavy atom. The van der Waals surface area contributed by atoms with E-state index in [1.165, 1.54) is 13.1 Å². The Morgan fingerprint density at radius 1 is 0.857 bits per heavy atom. The van der Waals surface area contributed by atoms with E-state index in [-0.39, 0.29) is 48.0 Å². The van der Waals surface area contributed by atoms with Crippen LogP contribution in [0.3, 0.4) is 0 Å². The van der Waals surface area contributed by atoms with Crippen LogP contribution in [0, 0.1) is 11.6 Å². The second-order valence-corrected chi connectivity index (χ2v) is 13.0. The van der Waals surface area contributed by atoms with Gasteiger partial charge in [-0.05, 0) is 74.2 Å². The van der Waals surface area contributed by atoms with Gasteiger partial charge in [-0.3, -0.25) is 28.9 Å². The summed E-state index contributed by atoms with van der Waals surface area (Å²) in [4.78, 5) is 67.6. The molecule has 0 unspecified atom stereocenters. The molecule has 12 nitrogen and oxygen atoms in total. The van der Waals surface area contributed by atoms with Gasteiger partial charge in [-0.1, -0.05) is 19.9 Å². The maximum absolute atomic E-state index is 14.6. The van der Waals surface area contributed by atoms with Crippen molar-refractivity contribution in [3.63, 3.8) is 0 Å². The molecule has 5 rings (SSSR count). The van der Waals surface area contributed by atoms with Gasteiger partial charge in [0.05, 0.1) is 16.8 Å². The zero-order valence-electron chi connectivity index (χ0n) is 32.3. The standard InChI is InChI=1S/C40H42F2N6O6.C2H6/c1-47(2)23-30(27-17-20-44-33(27)24-49)29-22-26(14-16-34(29)54-35-15-13-25(41)21-31(35)42)46-37(51)12-5-4-11-36(50)45-19-7-6-18-43-32-10-8-9-28-38(32)40(53)48(3)39(28)52;1-2/h8-10,13-17,20-24,43-44H,4-7,11-12,18-19H2,1-3H3,(H,45,50)(H,46,51);1-2H3/b30-23+;. The molecular formula is C42H48F2N6O6. The molecule has 0 spiro atoms. The number of fused-ring (bicyclic) bond motifs is 1. The largest absolute Gasteiger partial charge is 0.454 e. The Hall–Kier alpha value is -6.31. The monoisotopic (exact) mass is 770 g/mol. The number of halogens is 2. The molecule has 4 amide bonds. The Morgan fingerprint density at radius 3 is 2.29 bits per heavy atom. The number of hydrogen-bond donors (Lipinski definition) is 4. The SMILES string of the molecule is CC.CN(C)/C=C(/c1cc(NC(=O)CCCCC(=O)NCCCCNc2cccc3c2C(=O)N(C)C3=O)ccc1Oc1ccc(F)cc1F)c1cc[nH]c1C=O. The van der Waals surface area contributed by atoms with Gasteiger partial charge >= 0.3 is 0 Å². The zero-order chi connectivity index (χ0) is 40.8. The van der Waals surface area contributed by atoms with E-state index in [4.69, 9.17) is 4.74 Å². The van der Waals surface area contributed by atoms with Crippen LogP contribution in [0.2, 0.25) is 0 Å².